The zero-order valence-corrected chi connectivity index (χ0v) is 15.5. The number of nitrogens with zero attached hydrogens (tertiary/aromatic N) is 2. The van der Waals surface area contributed by atoms with Gasteiger partial charge in [0.25, 0.3) is 5.91 Å². The van der Waals surface area contributed by atoms with E-state index < -0.39 is 0 Å². The number of benzene rings is 3. The van der Waals surface area contributed by atoms with Crippen molar-refractivity contribution in [2.75, 3.05) is 10.6 Å². The van der Waals surface area contributed by atoms with Crippen LogP contribution in [0.15, 0.2) is 79.0 Å². The highest BCUT2D eigenvalue weighted by Crippen LogP contribution is 2.22. The highest BCUT2D eigenvalue weighted by molar-refractivity contribution is 6.07. The first kappa shape index (κ1) is 17.7. The van der Waals surface area contributed by atoms with Crippen molar-refractivity contribution in [3.8, 4) is 0 Å². The van der Waals surface area contributed by atoms with Crippen LogP contribution in [0.3, 0.4) is 0 Å². The minimum absolute atomic E-state index is 0.150. The fourth-order valence-electron chi connectivity index (χ4n) is 3.07. The van der Waals surface area contributed by atoms with Crippen molar-refractivity contribution in [2.45, 2.75) is 13.5 Å². The molecule has 1 aromatic heterocycles. The van der Waals surface area contributed by atoms with Gasteiger partial charge in [0.15, 0.2) is 5.82 Å². The van der Waals surface area contributed by atoms with Crippen LogP contribution in [0, 0.1) is 6.92 Å². The van der Waals surface area contributed by atoms with Gasteiger partial charge in [-0.1, -0.05) is 42.5 Å². The Morgan fingerprint density at radius 3 is 2.64 bits per heavy atom. The first-order valence-corrected chi connectivity index (χ1v) is 9.10. The summed E-state index contributed by atoms with van der Waals surface area (Å²) < 4.78 is 0. The summed E-state index contributed by atoms with van der Waals surface area (Å²) in [6.45, 7) is 2.65. The second kappa shape index (κ2) is 7.88. The summed E-state index contributed by atoms with van der Waals surface area (Å²) in [5.74, 6) is 0.551. The molecule has 0 unspecified atom stereocenters. The van der Waals surface area contributed by atoms with E-state index in [4.69, 9.17) is 0 Å². The van der Waals surface area contributed by atoms with Crippen molar-refractivity contribution in [3.63, 3.8) is 0 Å². The minimum atomic E-state index is -0.150. The number of hydrogen-bond acceptors (Lipinski definition) is 4. The summed E-state index contributed by atoms with van der Waals surface area (Å²) >= 11 is 0. The molecular formula is C23H20N4O. The van der Waals surface area contributed by atoms with Crippen LogP contribution in [0.4, 0.5) is 11.5 Å². The lowest BCUT2D eigenvalue weighted by molar-refractivity contribution is 0.102. The number of carbonyl (C=O) groups excluding carboxylic acids is 1. The molecule has 1 heterocycles. The molecule has 1 amide bonds. The van der Waals surface area contributed by atoms with E-state index in [9.17, 15) is 4.79 Å². The number of carbonyl (C=O) groups is 1. The molecule has 0 bridgehead atoms. The van der Waals surface area contributed by atoms with E-state index in [1.807, 2.05) is 67.6 Å². The van der Waals surface area contributed by atoms with Crippen LogP contribution in [-0.4, -0.2) is 16.1 Å². The molecule has 0 spiro atoms. The number of aryl methyl sites for hydroxylation is 1. The minimum Gasteiger partial charge on any atom is -0.364 e. The fourth-order valence-corrected chi connectivity index (χ4v) is 3.07. The lowest BCUT2D eigenvalue weighted by Gasteiger charge is -2.10. The van der Waals surface area contributed by atoms with Gasteiger partial charge in [-0.05, 0) is 48.4 Å². The molecule has 4 rings (SSSR count). The molecule has 138 valence electrons. The Morgan fingerprint density at radius 1 is 0.964 bits per heavy atom. The first-order valence-electron chi connectivity index (χ1n) is 9.10. The standard InChI is InChI=1S/C23H20N4O/c1-16-6-5-9-20(12-16)26-23(28)18-10-11-21-19(13-18)15-25-27-22(21)24-14-17-7-3-2-4-8-17/h2-13,15H,14H2,1H3,(H,24,27)(H,26,28). The van der Waals surface area contributed by atoms with Crippen LogP contribution < -0.4 is 10.6 Å². The Morgan fingerprint density at radius 2 is 1.82 bits per heavy atom. The Bertz CT molecular complexity index is 1130. The van der Waals surface area contributed by atoms with Crippen molar-refractivity contribution >= 4 is 28.2 Å². The summed E-state index contributed by atoms with van der Waals surface area (Å²) in [5, 5.41) is 16.3. The molecule has 4 aromatic rings. The van der Waals surface area contributed by atoms with Crippen LogP contribution in [0.2, 0.25) is 0 Å². The quantitative estimate of drug-likeness (QED) is 0.531. The van der Waals surface area contributed by atoms with Gasteiger partial charge in [-0.3, -0.25) is 4.79 Å². The highest BCUT2D eigenvalue weighted by atomic mass is 16.1. The third-order valence-corrected chi connectivity index (χ3v) is 4.50. The number of rotatable bonds is 5. The van der Waals surface area contributed by atoms with Gasteiger partial charge in [0.2, 0.25) is 0 Å². The van der Waals surface area contributed by atoms with E-state index >= 15 is 0 Å². The van der Waals surface area contributed by atoms with Crippen LogP contribution >= 0.6 is 0 Å². The lowest BCUT2D eigenvalue weighted by atomic mass is 10.1. The molecule has 0 radical (unpaired) electrons. The second-order valence-electron chi connectivity index (χ2n) is 6.66. The summed E-state index contributed by atoms with van der Waals surface area (Å²) in [5.41, 5.74) is 3.62. The zero-order valence-electron chi connectivity index (χ0n) is 15.5. The molecule has 0 aliphatic rings. The van der Waals surface area contributed by atoms with E-state index in [-0.39, 0.29) is 5.91 Å². The third-order valence-electron chi connectivity index (χ3n) is 4.50. The number of fused-ring (bicyclic) bond motifs is 1. The molecule has 0 aliphatic carbocycles. The largest absolute Gasteiger partial charge is 0.364 e. The SMILES string of the molecule is Cc1cccc(NC(=O)c2ccc3c(NCc4ccccc4)nncc3c2)c1. The summed E-state index contributed by atoms with van der Waals surface area (Å²) in [6, 6.07) is 23.4. The van der Waals surface area contributed by atoms with E-state index in [1.165, 1.54) is 0 Å². The monoisotopic (exact) mass is 368 g/mol. The maximum atomic E-state index is 12.6. The summed E-state index contributed by atoms with van der Waals surface area (Å²) in [7, 11) is 0. The predicted octanol–water partition coefficient (Wildman–Crippen LogP) is 4.80. The van der Waals surface area contributed by atoms with Crippen molar-refractivity contribution in [1.82, 2.24) is 10.2 Å². The zero-order chi connectivity index (χ0) is 19.3. The van der Waals surface area contributed by atoms with Gasteiger partial charge < -0.3 is 10.6 Å². The average Bonchev–Trinajstić information content (AvgIpc) is 2.72. The third kappa shape index (κ3) is 3.99. The molecule has 2 N–H and O–H groups in total. The second-order valence-corrected chi connectivity index (χ2v) is 6.66. The Kier molecular flexibility index (Phi) is 4.97. The van der Waals surface area contributed by atoms with Crippen LogP contribution in [0.25, 0.3) is 10.8 Å². The Hall–Kier alpha value is -3.73. The fraction of sp³-hybridized carbons (Fsp3) is 0.0870. The Labute approximate surface area is 163 Å². The number of amides is 1. The normalized spacial score (nSPS) is 10.6. The first-order chi connectivity index (χ1) is 13.7. The van der Waals surface area contributed by atoms with E-state index in [1.54, 1.807) is 6.20 Å². The maximum Gasteiger partial charge on any atom is 0.255 e. The molecule has 5 heteroatoms. The smallest absolute Gasteiger partial charge is 0.255 e. The highest BCUT2D eigenvalue weighted by Gasteiger charge is 2.10. The molecule has 3 aromatic carbocycles. The molecule has 5 nitrogen and oxygen atoms in total. The van der Waals surface area contributed by atoms with Gasteiger partial charge in [0, 0.05) is 28.6 Å². The van der Waals surface area contributed by atoms with Gasteiger partial charge in [-0.2, -0.15) is 5.10 Å². The van der Waals surface area contributed by atoms with Gasteiger partial charge in [0.1, 0.15) is 0 Å². The molecule has 0 saturated carbocycles. The summed E-state index contributed by atoms with van der Waals surface area (Å²) in [6.07, 6.45) is 1.67. The van der Waals surface area contributed by atoms with Crippen molar-refractivity contribution < 1.29 is 4.79 Å². The van der Waals surface area contributed by atoms with Gasteiger partial charge in [0.05, 0.1) is 6.20 Å². The maximum absolute atomic E-state index is 12.6. The van der Waals surface area contributed by atoms with E-state index in [2.05, 4.69) is 33.0 Å². The van der Waals surface area contributed by atoms with Crippen molar-refractivity contribution in [3.05, 3.63) is 95.7 Å². The Balaban J connectivity index is 1.55. The van der Waals surface area contributed by atoms with Gasteiger partial charge in [-0.25, -0.2) is 0 Å². The van der Waals surface area contributed by atoms with Gasteiger partial charge in [-0.15, -0.1) is 5.10 Å². The molecule has 0 atom stereocenters. The molecule has 0 aliphatic heterocycles. The van der Waals surface area contributed by atoms with Crippen LogP contribution in [0.1, 0.15) is 21.5 Å². The van der Waals surface area contributed by atoms with E-state index in [0.717, 1.165) is 27.6 Å². The van der Waals surface area contributed by atoms with Crippen molar-refractivity contribution in [2.24, 2.45) is 0 Å². The molecular weight excluding hydrogens is 348 g/mol. The van der Waals surface area contributed by atoms with E-state index in [0.29, 0.717) is 17.9 Å². The number of hydrogen-bond donors (Lipinski definition) is 2. The number of aromatic nitrogens is 2. The average molecular weight is 368 g/mol. The predicted molar refractivity (Wildman–Crippen MR) is 112 cm³/mol. The van der Waals surface area contributed by atoms with Crippen LogP contribution in [0.5, 0.6) is 0 Å². The lowest BCUT2D eigenvalue weighted by Crippen LogP contribution is -2.12. The molecule has 0 fully saturated rings. The number of anilines is 2. The summed E-state index contributed by atoms with van der Waals surface area (Å²) in [4.78, 5) is 12.6. The van der Waals surface area contributed by atoms with Crippen LogP contribution in [-0.2, 0) is 6.54 Å². The van der Waals surface area contributed by atoms with Crippen molar-refractivity contribution in [1.29, 1.82) is 0 Å². The topological polar surface area (TPSA) is 66.9 Å². The molecule has 28 heavy (non-hydrogen) atoms. The molecule has 0 saturated heterocycles. The number of nitrogens with one attached hydrogen (secondary N) is 2. The van der Waals surface area contributed by atoms with Gasteiger partial charge >= 0.3 is 0 Å².